The van der Waals surface area contributed by atoms with Crippen LogP contribution in [0.2, 0.25) is 0 Å². The molecule has 4 rings (SSSR count). The number of piperidine rings is 2. The van der Waals surface area contributed by atoms with E-state index in [0.29, 0.717) is 12.2 Å². The molecular weight excluding hydrogens is 368 g/mol. The fourth-order valence-electron chi connectivity index (χ4n) is 4.57. The molecule has 2 fully saturated rings. The molecule has 2 heterocycles. The van der Waals surface area contributed by atoms with Gasteiger partial charge < -0.3 is 0 Å². The number of nitrogens with zero attached hydrogens (tertiary/aromatic N) is 2. The number of Topliss-reactive ketones (excluding diaryl/α,β-unsaturated/α-hetero) is 1. The van der Waals surface area contributed by atoms with Gasteiger partial charge in [-0.05, 0) is 36.4 Å². The van der Waals surface area contributed by atoms with Crippen molar-refractivity contribution < 1.29 is 4.79 Å². The summed E-state index contributed by atoms with van der Waals surface area (Å²) in [6, 6.07) is 21.2. The predicted octanol–water partition coefficient (Wildman–Crippen LogP) is 5.41. The normalized spacial score (nSPS) is 22.2. The fourth-order valence-corrected chi connectivity index (χ4v) is 4.57. The molecule has 3 heteroatoms. The van der Waals surface area contributed by atoms with Gasteiger partial charge in [-0.2, -0.15) is 0 Å². The summed E-state index contributed by atoms with van der Waals surface area (Å²) in [4.78, 5) is 16.6. The molecule has 0 amide bonds. The SMILES string of the molecule is CC1(C)CN(Cc2ccccc2)CCC1=O.CC1CCCN(Cc2ccccc2)C1. The van der Waals surface area contributed by atoms with Gasteiger partial charge in [0.25, 0.3) is 0 Å². The molecule has 0 N–H and O–H groups in total. The van der Waals surface area contributed by atoms with E-state index in [9.17, 15) is 4.79 Å². The first-order chi connectivity index (χ1) is 14.4. The van der Waals surface area contributed by atoms with Crippen LogP contribution in [0.3, 0.4) is 0 Å². The molecule has 2 saturated heterocycles. The third kappa shape index (κ3) is 7.07. The van der Waals surface area contributed by atoms with Crippen LogP contribution in [0.15, 0.2) is 60.7 Å². The maximum absolute atomic E-state index is 11.7. The van der Waals surface area contributed by atoms with Gasteiger partial charge in [0.1, 0.15) is 5.78 Å². The minimum atomic E-state index is -0.174. The lowest BCUT2D eigenvalue weighted by Crippen LogP contribution is -2.45. The first-order valence-electron chi connectivity index (χ1n) is 11.5. The summed E-state index contributed by atoms with van der Waals surface area (Å²) < 4.78 is 0. The topological polar surface area (TPSA) is 23.6 Å². The van der Waals surface area contributed by atoms with Crippen molar-refractivity contribution in [1.82, 2.24) is 9.80 Å². The highest BCUT2D eigenvalue weighted by molar-refractivity contribution is 5.85. The molecule has 2 aromatic carbocycles. The van der Waals surface area contributed by atoms with E-state index < -0.39 is 0 Å². The molecule has 2 aliphatic rings. The summed E-state index contributed by atoms with van der Waals surface area (Å²) in [5.41, 5.74) is 2.60. The van der Waals surface area contributed by atoms with Gasteiger partial charge in [0.2, 0.25) is 0 Å². The van der Waals surface area contributed by atoms with Crippen LogP contribution in [-0.2, 0) is 17.9 Å². The number of carbonyl (C=O) groups is 1. The van der Waals surface area contributed by atoms with Gasteiger partial charge >= 0.3 is 0 Å². The molecule has 2 aliphatic heterocycles. The zero-order valence-corrected chi connectivity index (χ0v) is 19.0. The Labute approximate surface area is 183 Å². The van der Waals surface area contributed by atoms with E-state index in [4.69, 9.17) is 0 Å². The molecule has 0 aliphatic carbocycles. The van der Waals surface area contributed by atoms with Crippen LogP contribution in [0.1, 0.15) is 51.2 Å². The fraction of sp³-hybridized carbons (Fsp3) is 0.519. The van der Waals surface area contributed by atoms with E-state index in [0.717, 1.165) is 32.1 Å². The monoisotopic (exact) mass is 406 g/mol. The molecule has 0 spiro atoms. The molecule has 0 aromatic heterocycles. The summed E-state index contributed by atoms with van der Waals surface area (Å²) in [5, 5.41) is 0. The maximum Gasteiger partial charge on any atom is 0.141 e. The quantitative estimate of drug-likeness (QED) is 0.679. The molecule has 0 radical (unpaired) electrons. The molecule has 0 bridgehead atoms. The lowest BCUT2D eigenvalue weighted by Gasteiger charge is -2.36. The third-order valence-corrected chi connectivity index (χ3v) is 6.27. The lowest BCUT2D eigenvalue weighted by molar-refractivity contribution is -0.131. The van der Waals surface area contributed by atoms with Crippen molar-refractivity contribution in [2.24, 2.45) is 11.3 Å². The number of benzene rings is 2. The average Bonchev–Trinajstić information content (AvgIpc) is 2.73. The number of rotatable bonds is 4. The van der Waals surface area contributed by atoms with Crippen LogP contribution in [0.5, 0.6) is 0 Å². The molecule has 3 nitrogen and oxygen atoms in total. The first kappa shape index (κ1) is 22.7. The van der Waals surface area contributed by atoms with Crippen LogP contribution in [-0.4, -0.2) is 41.8 Å². The second-order valence-electron chi connectivity index (χ2n) is 9.72. The molecule has 162 valence electrons. The van der Waals surface area contributed by atoms with Crippen molar-refractivity contribution >= 4 is 5.78 Å². The Morgan fingerprint density at radius 1 is 0.867 bits per heavy atom. The lowest BCUT2D eigenvalue weighted by atomic mass is 9.82. The Balaban J connectivity index is 0.000000172. The molecular formula is C27H38N2O. The van der Waals surface area contributed by atoms with E-state index in [1.807, 2.05) is 19.9 Å². The molecule has 2 aromatic rings. The number of ketones is 1. The second kappa shape index (κ2) is 10.9. The summed E-state index contributed by atoms with van der Waals surface area (Å²) >= 11 is 0. The van der Waals surface area contributed by atoms with Gasteiger partial charge in [-0.15, -0.1) is 0 Å². The Morgan fingerprint density at radius 3 is 1.97 bits per heavy atom. The predicted molar refractivity (Wildman–Crippen MR) is 125 cm³/mol. The average molecular weight is 407 g/mol. The summed E-state index contributed by atoms with van der Waals surface area (Å²) in [7, 11) is 0. The Bertz CT molecular complexity index is 772. The molecule has 1 atom stereocenters. The molecule has 1 unspecified atom stereocenters. The van der Waals surface area contributed by atoms with Crippen LogP contribution in [0, 0.1) is 11.3 Å². The van der Waals surface area contributed by atoms with Crippen LogP contribution in [0.4, 0.5) is 0 Å². The van der Waals surface area contributed by atoms with Crippen molar-refractivity contribution in [3.8, 4) is 0 Å². The standard InChI is InChI=1S/C14H19NO.C13H19N/c1-14(2)11-15(9-8-13(14)16)10-12-6-4-3-5-7-12;1-12-6-5-9-14(10-12)11-13-7-3-2-4-8-13/h3-7H,8-11H2,1-2H3;2-4,7-8,12H,5-6,9-11H2,1H3. The largest absolute Gasteiger partial charge is 0.299 e. The minimum Gasteiger partial charge on any atom is -0.299 e. The van der Waals surface area contributed by atoms with E-state index >= 15 is 0 Å². The van der Waals surface area contributed by atoms with Gasteiger partial charge in [-0.3, -0.25) is 14.6 Å². The molecule has 0 saturated carbocycles. The highest BCUT2D eigenvalue weighted by atomic mass is 16.1. The summed E-state index contributed by atoms with van der Waals surface area (Å²) in [6.07, 6.45) is 3.47. The van der Waals surface area contributed by atoms with Crippen LogP contribution < -0.4 is 0 Å². The van der Waals surface area contributed by atoms with E-state index in [1.54, 1.807) is 0 Å². The number of hydrogen-bond acceptors (Lipinski definition) is 3. The summed E-state index contributed by atoms with van der Waals surface area (Å²) in [5.74, 6) is 1.28. The van der Waals surface area contributed by atoms with Crippen LogP contribution in [0.25, 0.3) is 0 Å². The highest BCUT2D eigenvalue weighted by Crippen LogP contribution is 2.26. The van der Waals surface area contributed by atoms with E-state index in [-0.39, 0.29) is 5.41 Å². The van der Waals surface area contributed by atoms with Gasteiger partial charge in [0.15, 0.2) is 0 Å². The second-order valence-corrected chi connectivity index (χ2v) is 9.72. The Morgan fingerprint density at radius 2 is 1.43 bits per heavy atom. The summed E-state index contributed by atoms with van der Waals surface area (Å²) in [6.45, 7) is 12.9. The Kier molecular flexibility index (Phi) is 8.24. The van der Waals surface area contributed by atoms with Gasteiger partial charge in [-0.25, -0.2) is 0 Å². The number of carbonyl (C=O) groups excluding carboxylic acids is 1. The highest BCUT2D eigenvalue weighted by Gasteiger charge is 2.33. The number of likely N-dealkylation sites (tertiary alicyclic amines) is 2. The van der Waals surface area contributed by atoms with Crippen molar-refractivity contribution in [3.63, 3.8) is 0 Å². The van der Waals surface area contributed by atoms with Gasteiger partial charge in [0, 0.05) is 44.6 Å². The Hall–Kier alpha value is -1.97. The first-order valence-corrected chi connectivity index (χ1v) is 11.5. The zero-order chi connectivity index (χ0) is 21.4. The smallest absolute Gasteiger partial charge is 0.141 e. The van der Waals surface area contributed by atoms with Gasteiger partial charge in [-0.1, -0.05) is 81.4 Å². The third-order valence-electron chi connectivity index (χ3n) is 6.27. The zero-order valence-electron chi connectivity index (χ0n) is 19.0. The van der Waals surface area contributed by atoms with Gasteiger partial charge in [0.05, 0.1) is 0 Å². The van der Waals surface area contributed by atoms with E-state index in [1.165, 1.54) is 37.1 Å². The van der Waals surface area contributed by atoms with Crippen molar-refractivity contribution in [1.29, 1.82) is 0 Å². The number of hydrogen-bond donors (Lipinski definition) is 0. The van der Waals surface area contributed by atoms with E-state index in [2.05, 4.69) is 71.3 Å². The van der Waals surface area contributed by atoms with Crippen molar-refractivity contribution in [2.75, 3.05) is 26.2 Å². The maximum atomic E-state index is 11.7. The van der Waals surface area contributed by atoms with Crippen molar-refractivity contribution in [3.05, 3.63) is 71.8 Å². The van der Waals surface area contributed by atoms with Crippen LogP contribution >= 0.6 is 0 Å². The van der Waals surface area contributed by atoms with Crippen molar-refractivity contribution in [2.45, 2.75) is 53.1 Å². The minimum absolute atomic E-state index is 0.174. The molecule has 30 heavy (non-hydrogen) atoms.